The lowest BCUT2D eigenvalue weighted by Gasteiger charge is -2.20. The summed E-state index contributed by atoms with van der Waals surface area (Å²) >= 11 is 0. The largest absolute Gasteiger partial charge is 0.344 e. The van der Waals surface area contributed by atoms with E-state index >= 15 is 0 Å². The molecule has 0 bridgehead atoms. The number of benzene rings is 2. The molecule has 7 heteroatoms. The third-order valence-electron chi connectivity index (χ3n) is 7.14. The van der Waals surface area contributed by atoms with E-state index in [1.165, 1.54) is 0 Å². The minimum Gasteiger partial charge on any atom is -0.344 e. The first-order chi connectivity index (χ1) is 17.6. The average molecular weight is 500 g/mol. The number of fused-ring (bicyclic) bond motifs is 1. The number of hydrazine groups is 1. The predicted molar refractivity (Wildman–Crippen MR) is 150 cm³/mol. The van der Waals surface area contributed by atoms with Crippen LogP contribution in [0, 0.1) is 20.8 Å². The normalized spacial score (nSPS) is 12.2. The number of hydrogen-bond donors (Lipinski definition) is 3. The molecule has 0 spiro atoms. The van der Waals surface area contributed by atoms with Crippen molar-refractivity contribution in [2.24, 2.45) is 5.84 Å². The number of carbonyl (C=O) groups excluding carboxylic acids is 1. The van der Waals surface area contributed by atoms with Gasteiger partial charge in [-0.25, -0.2) is 5.84 Å². The molecule has 4 aromatic rings. The number of aryl methyl sites for hydroxylation is 3. The highest BCUT2D eigenvalue weighted by atomic mass is 16.2. The van der Waals surface area contributed by atoms with E-state index < -0.39 is 0 Å². The third kappa shape index (κ3) is 5.24. The lowest BCUT2D eigenvalue weighted by molar-refractivity contribution is 0.0744. The molecule has 2 aromatic carbocycles. The number of nitrogens with one attached hydrogen (secondary N) is 2. The number of aromatic amines is 1. The van der Waals surface area contributed by atoms with Crippen molar-refractivity contribution in [1.82, 2.24) is 19.9 Å². The molecule has 0 radical (unpaired) electrons. The maximum Gasteiger partial charge on any atom is 0.268 e. The first-order valence-corrected chi connectivity index (χ1v) is 12.8. The van der Waals surface area contributed by atoms with E-state index in [4.69, 9.17) is 5.84 Å². The lowest BCUT2D eigenvalue weighted by Crippen LogP contribution is -2.39. The number of pyridine rings is 1. The van der Waals surface area contributed by atoms with E-state index in [9.17, 15) is 9.59 Å². The van der Waals surface area contributed by atoms with Crippen LogP contribution in [-0.4, -0.2) is 27.5 Å². The van der Waals surface area contributed by atoms with E-state index in [2.05, 4.69) is 59.2 Å². The van der Waals surface area contributed by atoms with Gasteiger partial charge in [-0.15, -0.1) is 0 Å². The summed E-state index contributed by atoms with van der Waals surface area (Å²) in [5.74, 6) is 6.04. The highest BCUT2D eigenvalue weighted by Crippen LogP contribution is 2.34. The Bertz CT molecular complexity index is 1510. The second-order valence-electron chi connectivity index (χ2n) is 10.0. The standard InChI is InChI=1S/C30H37N5O2/c1-7-21(5)34-16-19(3)28-25(30(37)35(31)17-26-18(2)11-20(4)33-29(26)36)13-24(14-27(28)34)23-10-8-9-22(12-23)15-32-6/h8-14,16,21,32H,7,15,17,31H2,1-6H3,(H,33,36). The summed E-state index contributed by atoms with van der Waals surface area (Å²) in [6.45, 7) is 10.8. The predicted octanol–water partition coefficient (Wildman–Crippen LogP) is 5.13. The van der Waals surface area contributed by atoms with Crippen molar-refractivity contribution < 1.29 is 4.79 Å². The number of H-pyrrole nitrogens is 1. The van der Waals surface area contributed by atoms with Crippen LogP contribution in [0.3, 0.4) is 0 Å². The smallest absolute Gasteiger partial charge is 0.268 e. The Morgan fingerprint density at radius 1 is 1.11 bits per heavy atom. The number of carbonyl (C=O) groups is 1. The van der Waals surface area contributed by atoms with E-state index in [1.807, 2.05) is 46.0 Å². The average Bonchev–Trinajstić information content (AvgIpc) is 3.21. The zero-order valence-electron chi connectivity index (χ0n) is 22.6. The van der Waals surface area contributed by atoms with Gasteiger partial charge in [0, 0.05) is 40.9 Å². The summed E-state index contributed by atoms with van der Waals surface area (Å²) in [4.78, 5) is 29.3. The highest BCUT2D eigenvalue weighted by Gasteiger charge is 2.23. The first kappa shape index (κ1) is 26.4. The SMILES string of the molecule is CCC(C)n1cc(C)c2c(C(=O)N(N)Cc3c(C)cc(C)[nH]c3=O)cc(-c3cccc(CNC)c3)cc21. The molecule has 2 aromatic heterocycles. The molecule has 194 valence electrons. The van der Waals surface area contributed by atoms with Crippen molar-refractivity contribution in [3.8, 4) is 11.1 Å². The van der Waals surface area contributed by atoms with Gasteiger partial charge < -0.3 is 14.9 Å². The molecule has 0 aliphatic rings. The Labute approximate surface area is 218 Å². The van der Waals surface area contributed by atoms with Crippen molar-refractivity contribution in [2.75, 3.05) is 7.05 Å². The third-order valence-corrected chi connectivity index (χ3v) is 7.14. The van der Waals surface area contributed by atoms with Crippen LogP contribution in [0.25, 0.3) is 22.0 Å². The number of amides is 1. The van der Waals surface area contributed by atoms with Crippen LogP contribution in [-0.2, 0) is 13.1 Å². The number of rotatable bonds is 8. The molecule has 1 atom stereocenters. The molecule has 4 N–H and O–H groups in total. The summed E-state index contributed by atoms with van der Waals surface area (Å²) in [5, 5.41) is 5.25. The minimum absolute atomic E-state index is 0.0226. The molecule has 1 unspecified atom stereocenters. The van der Waals surface area contributed by atoms with Crippen molar-refractivity contribution >= 4 is 16.8 Å². The summed E-state index contributed by atoms with van der Waals surface area (Å²) in [6, 6.07) is 14.6. The van der Waals surface area contributed by atoms with Gasteiger partial charge in [-0.05, 0) is 93.2 Å². The number of hydrogen-bond acceptors (Lipinski definition) is 4. The molecule has 0 aliphatic carbocycles. The van der Waals surface area contributed by atoms with Crippen LogP contribution < -0.4 is 16.7 Å². The van der Waals surface area contributed by atoms with Gasteiger partial charge in [0.1, 0.15) is 0 Å². The molecule has 2 heterocycles. The summed E-state index contributed by atoms with van der Waals surface area (Å²) in [6.07, 6.45) is 3.08. The van der Waals surface area contributed by atoms with Gasteiger partial charge in [0.25, 0.3) is 11.5 Å². The first-order valence-electron chi connectivity index (χ1n) is 12.8. The fourth-order valence-corrected chi connectivity index (χ4v) is 5.02. The van der Waals surface area contributed by atoms with E-state index in [0.717, 1.165) is 62.4 Å². The van der Waals surface area contributed by atoms with Crippen molar-refractivity contribution in [1.29, 1.82) is 0 Å². The van der Waals surface area contributed by atoms with Gasteiger partial charge in [-0.2, -0.15) is 0 Å². The quantitative estimate of drug-likeness (QED) is 0.178. The summed E-state index contributed by atoms with van der Waals surface area (Å²) in [7, 11) is 1.92. The minimum atomic E-state index is -0.317. The van der Waals surface area contributed by atoms with Gasteiger partial charge in [0.15, 0.2) is 0 Å². The Morgan fingerprint density at radius 2 is 1.86 bits per heavy atom. The molecule has 0 aliphatic heterocycles. The molecular formula is C30H37N5O2. The number of aromatic nitrogens is 2. The maximum absolute atomic E-state index is 13.9. The van der Waals surface area contributed by atoms with Crippen molar-refractivity contribution in [3.63, 3.8) is 0 Å². The second kappa shape index (κ2) is 10.7. The number of nitrogens with two attached hydrogens (primary N) is 1. The van der Waals surface area contributed by atoms with Gasteiger partial charge >= 0.3 is 0 Å². The van der Waals surface area contributed by atoms with Gasteiger partial charge in [0.05, 0.1) is 12.1 Å². The van der Waals surface area contributed by atoms with Crippen molar-refractivity contribution in [3.05, 3.63) is 92.5 Å². The van der Waals surface area contributed by atoms with Gasteiger partial charge in [0.2, 0.25) is 0 Å². The Kier molecular flexibility index (Phi) is 7.66. The van der Waals surface area contributed by atoms with Crippen molar-refractivity contribution in [2.45, 2.75) is 60.2 Å². The lowest BCUT2D eigenvalue weighted by atomic mass is 9.96. The molecule has 4 rings (SSSR count). The van der Waals surface area contributed by atoms with E-state index in [1.54, 1.807) is 0 Å². The van der Waals surface area contributed by atoms with E-state index in [-0.39, 0.29) is 24.1 Å². The van der Waals surface area contributed by atoms with Crippen LogP contribution in [0.5, 0.6) is 0 Å². The fraction of sp³-hybridized carbons (Fsp3) is 0.333. The van der Waals surface area contributed by atoms with Crippen LogP contribution >= 0.6 is 0 Å². The van der Waals surface area contributed by atoms with Crippen LogP contribution in [0.4, 0.5) is 0 Å². The highest BCUT2D eigenvalue weighted by molar-refractivity contribution is 6.09. The molecular weight excluding hydrogens is 462 g/mol. The molecule has 7 nitrogen and oxygen atoms in total. The molecule has 1 amide bonds. The Balaban J connectivity index is 1.86. The van der Waals surface area contributed by atoms with Gasteiger partial charge in [-0.1, -0.05) is 25.1 Å². The van der Waals surface area contributed by atoms with Crippen LogP contribution in [0.15, 0.2) is 53.5 Å². The monoisotopic (exact) mass is 499 g/mol. The molecule has 37 heavy (non-hydrogen) atoms. The molecule has 0 fully saturated rings. The molecule has 0 saturated carbocycles. The zero-order chi connectivity index (χ0) is 26.9. The molecule has 0 saturated heterocycles. The number of nitrogens with zero attached hydrogens (tertiary/aromatic N) is 2. The van der Waals surface area contributed by atoms with Crippen LogP contribution in [0.1, 0.15) is 64.6 Å². The zero-order valence-corrected chi connectivity index (χ0v) is 22.6. The Morgan fingerprint density at radius 3 is 2.54 bits per heavy atom. The summed E-state index contributed by atoms with van der Waals surface area (Å²) < 4.78 is 2.25. The van der Waals surface area contributed by atoms with Gasteiger partial charge in [-0.3, -0.25) is 14.6 Å². The van der Waals surface area contributed by atoms with Crippen LogP contribution in [0.2, 0.25) is 0 Å². The Hall–Kier alpha value is -3.68. The topological polar surface area (TPSA) is 96.2 Å². The summed E-state index contributed by atoms with van der Waals surface area (Å²) in [5.41, 5.74) is 7.56. The second-order valence-corrected chi connectivity index (χ2v) is 10.0. The van der Waals surface area contributed by atoms with E-state index in [0.29, 0.717) is 11.1 Å². The maximum atomic E-state index is 13.9. The fourth-order valence-electron chi connectivity index (χ4n) is 5.02.